The van der Waals surface area contributed by atoms with Crippen molar-refractivity contribution in [3.63, 3.8) is 0 Å². The highest BCUT2D eigenvalue weighted by molar-refractivity contribution is 5.35. The molecule has 6 heteroatoms. The van der Waals surface area contributed by atoms with Gasteiger partial charge in [0, 0.05) is 45.1 Å². The number of halogens is 2. The molecule has 0 spiro atoms. The molecule has 1 aromatic heterocycles. The number of hydrogen-bond acceptors (Lipinski definition) is 4. The van der Waals surface area contributed by atoms with E-state index in [0.717, 1.165) is 42.9 Å². The van der Waals surface area contributed by atoms with Crippen LogP contribution in [-0.4, -0.2) is 41.0 Å². The van der Waals surface area contributed by atoms with Gasteiger partial charge in [0.25, 0.3) is 0 Å². The Balaban J connectivity index is 1.51. The summed E-state index contributed by atoms with van der Waals surface area (Å²) in [5.74, 6) is -0.542. The minimum absolute atomic E-state index is 0.0658. The van der Waals surface area contributed by atoms with Gasteiger partial charge in [-0.05, 0) is 47.0 Å². The maximum atomic E-state index is 13.5. The molecule has 0 saturated carbocycles. The van der Waals surface area contributed by atoms with Crippen LogP contribution in [0.2, 0.25) is 0 Å². The van der Waals surface area contributed by atoms with E-state index in [0.29, 0.717) is 12.1 Å². The van der Waals surface area contributed by atoms with Crippen molar-refractivity contribution in [3.8, 4) is 6.07 Å². The van der Waals surface area contributed by atoms with Gasteiger partial charge in [0.15, 0.2) is 0 Å². The van der Waals surface area contributed by atoms with Crippen LogP contribution in [0.5, 0.6) is 0 Å². The lowest BCUT2D eigenvalue weighted by Crippen LogP contribution is -2.47. The second kappa shape index (κ2) is 9.12. The fourth-order valence-electron chi connectivity index (χ4n) is 3.99. The molecule has 4 rings (SSSR count). The monoisotopic (exact) mass is 404 g/mol. The number of piperazine rings is 1. The van der Waals surface area contributed by atoms with Crippen LogP contribution in [0.15, 0.2) is 67.0 Å². The molecule has 2 aromatic carbocycles. The molecule has 1 aliphatic rings. The lowest BCUT2D eigenvalue weighted by atomic mass is 9.96. The van der Waals surface area contributed by atoms with E-state index in [1.807, 2.05) is 6.07 Å². The second-order valence-corrected chi connectivity index (χ2v) is 7.46. The van der Waals surface area contributed by atoms with Crippen molar-refractivity contribution in [3.05, 3.63) is 101 Å². The van der Waals surface area contributed by atoms with Gasteiger partial charge in [-0.15, -0.1) is 0 Å². The molecule has 30 heavy (non-hydrogen) atoms. The molecule has 0 unspecified atom stereocenters. The van der Waals surface area contributed by atoms with Crippen LogP contribution in [-0.2, 0) is 6.54 Å². The molecule has 0 atom stereocenters. The third-order valence-electron chi connectivity index (χ3n) is 5.57. The zero-order chi connectivity index (χ0) is 20.9. The topological polar surface area (TPSA) is 43.2 Å². The highest BCUT2D eigenvalue weighted by Gasteiger charge is 2.27. The SMILES string of the molecule is N#Cc1cnccc1CN1CCN(C(c2ccc(F)cc2)c2ccc(F)cc2)CC1. The van der Waals surface area contributed by atoms with Crippen LogP contribution < -0.4 is 0 Å². The fourth-order valence-corrected chi connectivity index (χ4v) is 3.99. The van der Waals surface area contributed by atoms with Crippen molar-refractivity contribution >= 4 is 0 Å². The zero-order valence-electron chi connectivity index (χ0n) is 16.5. The first-order valence-electron chi connectivity index (χ1n) is 9.94. The molecule has 1 saturated heterocycles. The van der Waals surface area contributed by atoms with Gasteiger partial charge >= 0.3 is 0 Å². The summed E-state index contributed by atoms with van der Waals surface area (Å²) in [7, 11) is 0. The Hall–Kier alpha value is -3.14. The number of pyridine rings is 1. The predicted molar refractivity (Wildman–Crippen MR) is 110 cm³/mol. The summed E-state index contributed by atoms with van der Waals surface area (Å²) in [6.45, 7) is 4.01. The van der Waals surface area contributed by atoms with E-state index in [1.165, 1.54) is 24.3 Å². The summed E-state index contributed by atoms with van der Waals surface area (Å²) < 4.78 is 26.9. The molecule has 0 aliphatic carbocycles. The Labute approximate surface area is 175 Å². The van der Waals surface area contributed by atoms with Crippen molar-refractivity contribution in [1.82, 2.24) is 14.8 Å². The Kier molecular flexibility index (Phi) is 6.12. The fraction of sp³-hybridized carbons (Fsp3) is 0.250. The van der Waals surface area contributed by atoms with E-state index < -0.39 is 0 Å². The van der Waals surface area contributed by atoms with Crippen LogP contribution in [0.1, 0.15) is 28.3 Å². The van der Waals surface area contributed by atoms with E-state index in [1.54, 1.807) is 36.7 Å². The largest absolute Gasteiger partial charge is 0.296 e. The molecule has 3 aromatic rings. The molecule has 0 N–H and O–H groups in total. The molecule has 2 heterocycles. The highest BCUT2D eigenvalue weighted by atomic mass is 19.1. The van der Waals surface area contributed by atoms with Crippen molar-refractivity contribution < 1.29 is 8.78 Å². The molecular formula is C24H22F2N4. The molecule has 1 fully saturated rings. The van der Waals surface area contributed by atoms with Gasteiger partial charge in [-0.3, -0.25) is 14.8 Å². The molecular weight excluding hydrogens is 382 g/mol. The van der Waals surface area contributed by atoms with E-state index in [2.05, 4.69) is 20.9 Å². The highest BCUT2D eigenvalue weighted by Crippen LogP contribution is 2.30. The van der Waals surface area contributed by atoms with Gasteiger partial charge in [0.05, 0.1) is 11.6 Å². The lowest BCUT2D eigenvalue weighted by molar-refractivity contribution is 0.105. The van der Waals surface area contributed by atoms with Gasteiger partial charge < -0.3 is 0 Å². The predicted octanol–water partition coefficient (Wildman–Crippen LogP) is 4.14. The third-order valence-corrected chi connectivity index (χ3v) is 5.57. The summed E-state index contributed by atoms with van der Waals surface area (Å²) >= 11 is 0. The number of rotatable bonds is 5. The second-order valence-electron chi connectivity index (χ2n) is 7.46. The molecule has 1 aliphatic heterocycles. The van der Waals surface area contributed by atoms with Crippen LogP contribution >= 0.6 is 0 Å². The maximum absolute atomic E-state index is 13.5. The normalized spacial score (nSPS) is 15.3. The summed E-state index contributed by atoms with van der Waals surface area (Å²) in [5.41, 5.74) is 3.56. The average molecular weight is 404 g/mol. The number of nitrogens with zero attached hydrogens (tertiary/aromatic N) is 4. The lowest BCUT2D eigenvalue weighted by Gasteiger charge is -2.40. The average Bonchev–Trinajstić information content (AvgIpc) is 2.78. The Bertz CT molecular complexity index is 975. The number of benzene rings is 2. The summed E-state index contributed by atoms with van der Waals surface area (Å²) in [5, 5.41) is 9.28. The summed E-state index contributed by atoms with van der Waals surface area (Å²) in [4.78, 5) is 8.68. The molecule has 152 valence electrons. The van der Waals surface area contributed by atoms with Gasteiger partial charge in [-0.25, -0.2) is 8.78 Å². The smallest absolute Gasteiger partial charge is 0.123 e. The quantitative estimate of drug-likeness (QED) is 0.641. The molecule has 0 radical (unpaired) electrons. The minimum Gasteiger partial charge on any atom is -0.296 e. The van der Waals surface area contributed by atoms with Crippen LogP contribution in [0, 0.1) is 23.0 Å². The standard InChI is InChI=1S/C24H22F2N4/c25-22-5-1-18(2-6-22)24(19-3-7-23(26)8-4-19)30-13-11-29(12-14-30)17-20-9-10-28-16-21(20)15-27/h1-10,16,24H,11-14,17H2. The summed E-state index contributed by atoms with van der Waals surface area (Å²) in [6.07, 6.45) is 3.32. The number of hydrogen-bond donors (Lipinski definition) is 0. The Morgan fingerprint density at radius 2 is 1.43 bits per heavy atom. The first-order valence-corrected chi connectivity index (χ1v) is 9.94. The zero-order valence-corrected chi connectivity index (χ0v) is 16.5. The van der Waals surface area contributed by atoms with Crippen molar-refractivity contribution in [2.75, 3.05) is 26.2 Å². The van der Waals surface area contributed by atoms with Gasteiger partial charge in [0.2, 0.25) is 0 Å². The Morgan fingerprint density at radius 3 is 1.97 bits per heavy atom. The summed E-state index contributed by atoms with van der Waals surface area (Å²) in [6, 6.07) is 17.1. The van der Waals surface area contributed by atoms with E-state index in [9.17, 15) is 14.0 Å². The van der Waals surface area contributed by atoms with Crippen molar-refractivity contribution in [2.45, 2.75) is 12.6 Å². The third kappa shape index (κ3) is 4.54. The Morgan fingerprint density at radius 1 is 0.867 bits per heavy atom. The van der Waals surface area contributed by atoms with Gasteiger partial charge in [-0.2, -0.15) is 5.26 Å². The molecule has 4 nitrogen and oxygen atoms in total. The van der Waals surface area contributed by atoms with Crippen LogP contribution in [0.25, 0.3) is 0 Å². The number of nitriles is 1. The first-order chi connectivity index (χ1) is 14.6. The van der Waals surface area contributed by atoms with Crippen molar-refractivity contribution in [2.24, 2.45) is 0 Å². The van der Waals surface area contributed by atoms with Crippen molar-refractivity contribution in [1.29, 1.82) is 5.26 Å². The van der Waals surface area contributed by atoms with Gasteiger partial charge in [0.1, 0.15) is 17.7 Å². The van der Waals surface area contributed by atoms with E-state index in [4.69, 9.17) is 0 Å². The minimum atomic E-state index is -0.271. The van der Waals surface area contributed by atoms with E-state index in [-0.39, 0.29) is 17.7 Å². The van der Waals surface area contributed by atoms with Crippen LogP contribution in [0.4, 0.5) is 8.78 Å². The molecule has 0 amide bonds. The molecule has 0 bridgehead atoms. The van der Waals surface area contributed by atoms with E-state index >= 15 is 0 Å². The van der Waals surface area contributed by atoms with Gasteiger partial charge in [-0.1, -0.05) is 24.3 Å². The first kappa shape index (κ1) is 20.1. The maximum Gasteiger partial charge on any atom is 0.123 e. The number of aromatic nitrogens is 1. The van der Waals surface area contributed by atoms with Crippen LogP contribution in [0.3, 0.4) is 0 Å².